The second-order valence-corrected chi connectivity index (χ2v) is 7.99. The van der Waals surface area contributed by atoms with Gasteiger partial charge in [0.2, 0.25) is 11.8 Å². The zero-order chi connectivity index (χ0) is 22.4. The van der Waals surface area contributed by atoms with Crippen molar-refractivity contribution in [1.29, 1.82) is 0 Å². The van der Waals surface area contributed by atoms with Crippen molar-refractivity contribution in [2.45, 2.75) is 65.5 Å². The molecule has 0 bridgehead atoms. The Morgan fingerprint density at radius 1 is 1.17 bits per heavy atom. The molecule has 0 aliphatic rings. The molecule has 0 saturated carbocycles. The number of ether oxygens (including phenoxy) is 1. The number of rotatable bonds is 7. The van der Waals surface area contributed by atoms with Gasteiger partial charge in [0.15, 0.2) is 0 Å². The molecule has 0 heterocycles. The lowest BCUT2D eigenvalue weighted by atomic mass is 10.1. The van der Waals surface area contributed by atoms with Crippen LogP contribution in [0.15, 0.2) is 18.2 Å². The average molecular weight is 408 g/mol. The number of hydrogen-bond acceptors (Lipinski definition) is 6. The molecule has 1 rings (SSSR count). The van der Waals surface area contributed by atoms with Crippen molar-refractivity contribution >= 4 is 23.6 Å². The Balaban J connectivity index is 2.89. The summed E-state index contributed by atoms with van der Waals surface area (Å²) in [5.74, 6) is -0.842. The zero-order valence-electron chi connectivity index (χ0n) is 17.9. The monoisotopic (exact) mass is 408 g/mol. The molecule has 1 aromatic rings. The molecule has 3 amide bonds. The van der Waals surface area contributed by atoms with E-state index in [9.17, 15) is 19.5 Å². The van der Waals surface area contributed by atoms with Crippen LogP contribution >= 0.6 is 0 Å². The first-order valence-electron chi connectivity index (χ1n) is 9.37. The number of aliphatic hydroxyl groups excluding tert-OH is 1. The first-order chi connectivity index (χ1) is 13.3. The summed E-state index contributed by atoms with van der Waals surface area (Å²) in [4.78, 5) is 37.5. The minimum atomic E-state index is -0.779. The van der Waals surface area contributed by atoms with E-state index in [0.717, 1.165) is 0 Å². The Kier molecular flexibility index (Phi) is 8.59. The van der Waals surface area contributed by atoms with E-state index in [4.69, 9.17) is 10.5 Å². The Hall–Kier alpha value is -2.65. The summed E-state index contributed by atoms with van der Waals surface area (Å²) < 4.78 is 5.33. The molecule has 5 N–H and O–H groups in total. The predicted octanol–water partition coefficient (Wildman–Crippen LogP) is 1.34. The molecule has 0 radical (unpaired) electrons. The number of hydrogen-bond donors (Lipinski definition) is 4. The normalized spacial score (nSPS) is 13.2. The van der Waals surface area contributed by atoms with Crippen LogP contribution in [0.5, 0.6) is 0 Å². The van der Waals surface area contributed by atoms with Gasteiger partial charge in [0.1, 0.15) is 11.6 Å². The maximum Gasteiger partial charge on any atom is 0.410 e. The number of amides is 3. The van der Waals surface area contributed by atoms with Gasteiger partial charge in [-0.25, -0.2) is 4.79 Å². The molecular formula is C20H32N4O5. The number of nitrogens with zero attached hydrogens (tertiary/aromatic N) is 1. The van der Waals surface area contributed by atoms with E-state index in [2.05, 4.69) is 10.6 Å². The molecule has 0 unspecified atom stereocenters. The maximum atomic E-state index is 12.3. The number of anilines is 1. The van der Waals surface area contributed by atoms with Gasteiger partial charge in [-0.15, -0.1) is 0 Å². The van der Waals surface area contributed by atoms with Crippen LogP contribution in [0.4, 0.5) is 10.5 Å². The van der Waals surface area contributed by atoms with E-state index in [1.807, 2.05) is 0 Å². The summed E-state index contributed by atoms with van der Waals surface area (Å²) in [6, 6.07) is 3.48. The van der Waals surface area contributed by atoms with Gasteiger partial charge in [-0.1, -0.05) is 6.07 Å². The van der Waals surface area contributed by atoms with Gasteiger partial charge in [-0.2, -0.15) is 0 Å². The average Bonchev–Trinajstić information content (AvgIpc) is 2.60. The highest BCUT2D eigenvalue weighted by atomic mass is 16.6. The lowest BCUT2D eigenvalue weighted by Crippen LogP contribution is -2.47. The van der Waals surface area contributed by atoms with Crippen LogP contribution in [-0.2, 0) is 27.5 Å². The second kappa shape index (κ2) is 10.2. The lowest BCUT2D eigenvalue weighted by Gasteiger charge is -2.25. The van der Waals surface area contributed by atoms with Gasteiger partial charge in [0.25, 0.3) is 0 Å². The smallest absolute Gasteiger partial charge is 0.410 e. The van der Waals surface area contributed by atoms with E-state index in [1.165, 1.54) is 11.8 Å². The van der Waals surface area contributed by atoms with Crippen LogP contribution < -0.4 is 16.4 Å². The number of nitrogens with one attached hydrogen (secondary N) is 2. The SMILES string of the molecule is C[C@H](N)C(=O)N[C@@H](C)C(=O)Nc1ccc(CO)c(CN(C)C(=O)OC(C)(C)C)c1. The molecule has 0 aromatic heterocycles. The molecule has 2 atom stereocenters. The fourth-order valence-electron chi connectivity index (χ4n) is 2.33. The Morgan fingerprint density at radius 2 is 1.79 bits per heavy atom. The van der Waals surface area contributed by atoms with Crippen LogP contribution in [0, 0.1) is 0 Å². The third-order valence-corrected chi connectivity index (χ3v) is 3.92. The quantitative estimate of drug-likeness (QED) is 0.538. The summed E-state index contributed by atoms with van der Waals surface area (Å²) in [6.07, 6.45) is -0.497. The molecule has 29 heavy (non-hydrogen) atoms. The van der Waals surface area contributed by atoms with Crippen LogP contribution in [-0.4, -0.2) is 52.6 Å². The largest absolute Gasteiger partial charge is 0.444 e. The molecule has 0 spiro atoms. The number of aliphatic hydroxyl groups is 1. The van der Waals surface area contributed by atoms with E-state index in [1.54, 1.807) is 52.9 Å². The van der Waals surface area contributed by atoms with Gasteiger partial charge in [-0.3, -0.25) is 9.59 Å². The van der Waals surface area contributed by atoms with Crippen molar-refractivity contribution in [2.75, 3.05) is 12.4 Å². The van der Waals surface area contributed by atoms with Crippen molar-refractivity contribution in [3.8, 4) is 0 Å². The Morgan fingerprint density at radius 3 is 2.31 bits per heavy atom. The highest BCUT2D eigenvalue weighted by Gasteiger charge is 2.21. The third-order valence-electron chi connectivity index (χ3n) is 3.92. The fourth-order valence-corrected chi connectivity index (χ4v) is 2.33. The Bertz CT molecular complexity index is 743. The first-order valence-corrected chi connectivity index (χ1v) is 9.37. The summed E-state index contributed by atoms with van der Waals surface area (Å²) in [5, 5.41) is 14.8. The number of benzene rings is 1. The number of carbonyl (C=O) groups excluding carboxylic acids is 3. The molecule has 1 aromatic carbocycles. The van der Waals surface area contributed by atoms with Crippen LogP contribution in [0.3, 0.4) is 0 Å². The molecular weight excluding hydrogens is 376 g/mol. The van der Waals surface area contributed by atoms with Crippen LogP contribution in [0.1, 0.15) is 45.7 Å². The van der Waals surface area contributed by atoms with E-state index < -0.39 is 35.6 Å². The van der Waals surface area contributed by atoms with E-state index in [0.29, 0.717) is 16.8 Å². The molecule has 9 heteroatoms. The highest BCUT2D eigenvalue weighted by Crippen LogP contribution is 2.19. The van der Waals surface area contributed by atoms with Crippen molar-refractivity contribution in [3.63, 3.8) is 0 Å². The van der Waals surface area contributed by atoms with Crippen LogP contribution in [0.25, 0.3) is 0 Å². The van der Waals surface area contributed by atoms with Gasteiger partial charge < -0.3 is 31.1 Å². The fraction of sp³-hybridized carbons (Fsp3) is 0.550. The molecule has 9 nitrogen and oxygen atoms in total. The van der Waals surface area contributed by atoms with Gasteiger partial charge in [-0.05, 0) is 57.9 Å². The molecule has 0 saturated heterocycles. The van der Waals surface area contributed by atoms with E-state index >= 15 is 0 Å². The minimum Gasteiger partial charge on any atom is -0.444 e. The van der Waals surface area contributed by atoms with Crippen molar-refractivity contribution in [3.05, 3.63) is 29.3 Å². The van der Waals surface area contributed by atoms with Gasteiger partial charge >= 0.3 is 6.09 Å². The second-order valence-electron chi connectivity index (χ2n) is 7.99. The molecule has 162 valence electrons. The van der Waals surface area contributed by atoms with Crippen molar-refractivity contribution in [1.82, 2.24) is 10.2 Å². The topological polar surface area (TPSA) is 134 Å². The maximum absolute atomic E-state index is 12.3. The molecule has 0 aliphatic heterocycles. The predicted molar refractivity (Wildman–Crippen MR) is 110 cm³/mol. The van der Waals surface area contributed by atoms with Gasteiger partial charge in [0.05, 0.1) is 12.6 Å². The van der Waals surface area contributed by atoms with Crippen LogP contribution in [0.2, 0.25) is 0 Å². The Labute approximate surface area is 171 Å². The first kappa shape index (κ1) is 24.4. The molecule has 0 fully saturated rings. The van der Waals surface area contributed by atoms with Crippen molar-refractivity contribution < 1.29 is 24.2 Å². The summed E-state index contributed by atoms with van der Waals surface area (Å²) in [7, 11) is 1.59. The van der Waals surface area contributed by atoms with Gasteiger partial charge in [0, 0.05) is 19.3 Å². The number of nitrogens with two attached hydrogens (primary N) is 1. The van der Waals surface area contributed by atoms with E-state index in [-0.39, 0.29) is 13.2 Å². The summed E-state index contributed by atoms with van der Waals surface area (Å²) >= 11 is 0. The summed E-state index contributed by atoms with van der Waals surface area (Å²) in [6.45, 7) is 8.38. The summed E-state index contributed by atoms with van der Waals surface area (Å²) in [5.41, 5.74) is 6.62. The zero-order valence-corrected chi connectivity index (χ0v) is 17.9. The standard InChI is InChI=1S/C20H32N4O5/c1-12(21)17(26)22-13(2)18(27)23-16-8-7-14(11-25)15(9-16)10-24(6)19(28)29-20(3,4)5/h7-9,12-13,25H,10-11,21H2,1-6H3,(H,22,26)(H,23,27)/t12-,13-/m0/s1. The molecule has 0 aliphatic carbocycles. The lowest BCUT2D eigenvalue weighted by molar-refractivity contribution is -0.126. The van der Waals surface area contributed by atoms with Crippen molar-refractivity contribution in [2.24, 2.45) is 5.73 Å². The highest BCUT2D eigenvalue weighted by molar-refractivity contribution is 5.97. The third kappa shape index (κ3) is 8.08. The minimum absolute atomic E-state index is 0.186. The number of carbonyl (C=O) groups is 3.